The van der Waals surface area contributed by atoms with Gasteiger partial charge >= 0.3 is 0 Å². The van der Waals surface area contributed by atoms with Gasteiger partial charge in [0.25, 0.3) is 0 Å². The van der Waals surface area contributed by atoms with Crippen molar-refractivity contribution in [3.05, 3.63) is 63.9 Å². The van der Waals surface area contributed by atoms with E-state index in [9.17, 15) is 5.11 Å². The number of nitrogens with two attached hydrogens (primary N) is 1. The molecule has 0 aromatic carbocycles. The molecule has 1 aliphatic carbocycles. The minimum Gasteiger partial charge on any atom is -0.390 e. The molecular weight excluding hydrogens is 467 g/mol. The molecule has 0 bridgehead atoms. The molecule has 3 aromatic rings. The zero-order chi connectivity index (χ0) is 22.3. The Hall–Kier alpha value is -1.97. The Morgan fingerprint density at radius 2 is 1.97 bits per heavy atom. The predicted octanol–water partition coefficient (Wildman–Crippen LogP) is 4.06. The Labute approximate surface area is 200 Å². The number of piperidine rings is 1. The summed E-state index contributed by atoms with van der Waals surface area (Å²) in [4.78, 5) is 20.7. The number of hydrogen-bond donors (Lipinski definition) is 2. The largest absolute Gasteiger partial charge is 0.390 e. The van der Waals surface area contributed by atoms with E-state index in [4.69, 9.17) is 28.9 Å². The van der Waals surface area contributed by atoms with Gasteiger partial charge < -0.3 is 15.7 Å². The zero-order valence-electron chi connectivity index (χ0n) is 17.2. The minimum atomic E-state index is -0.196. The van der Waals surface area contributed by atoms with Gasteiger partial charge in [0, 0.05) is 42.1 Å². The van der Waals surface area contributed by atoms with Crippen LogP contribution >= 0.6 is 35.0 Å². The van der Waals surface area contributed by atoms with Gasteiger partial charge in [-0.2, -0.15) is 0 Å². The van der Waals surface area contributed by atoms with Crippen molar-refractivity contribution in [3.63, 3.8) is 0 Å². The summed E-state index contributed by atoms with van der Waals surface area (Å²) in [5.41, 5.74) is 9.54. The van der Waals surface area contributed by atoms with Crippen molar-refractivity contribution in [3.8, 4) is 0 Å². The number of aliphatic hydroxyl groups is 1. The van der Waals surface area contributed by atoms with Crippen molar-refractivity contribution in [2.75, 3.05) is 18.0 Å². The van der Waals surface area contributed by atoms with Gasteiger partial charge in [0.15, 0.2) is 5.82 Å². The molecule has 166 valence electrons. The number of anilines is 1. The highest BCUT2D eigenvalue weighted by molar-refractivity contribution is 7.99. The fourth-order valence-corrected chi connectivity index (χ4v) is 5.97. The van der Waals surface area contributed by atoms with Crippen molar-refractivity contribution in [1.29, 1.82) is 0 Å². The third-order valence-corrected chi connectivity index (χ3v) is 8.32. The molecule has 5 rings (SSSR count). The summed E-state index contributed by atoms with van der Waals surface area (Å²) in [6.45, 7) is 1.42. The quantitative estimate of drug-likeness (QED) is 0.530. The van der Waals surface area contributed by atoms with Crippen molar-refractivity contribution in [2.24, 2.45) is 11.1 Å². The first-order chi connectivity index (χ1) is 15.5. The number of nitrogens with zero attached hydrogens (tertiary/aromatic N) is 5. The Balaban J connectivity index is 1.32. The molecule has 1 atom stereocenters. The zero-order valence-corrected chi connectivity index (χ0v) is 19.5. The third kappa shape index (κ3) is 3.84. The molecule has 3 N–H and O–H groups in total. The lowest BCUT2D eigenvalue weighted by Gasteiger charge is -2.42. The molecule has 10 heteroatoms. The molecule has 1 saturated heterocycles. The van der Waals surface area contributed by atoms with Gasteiger partial charge in [-0.15, -0.1) is 0 Å². The average Bonchev–Trinajstić information content (AvgIpc) is 3.09. The minimum absolute atomic E-state index is 0.00690. The van der Waals surface area contributed by atoms with Crippen LogP contribution in [0.1, 0.15) is 35.8 Å². The normalized spacial score (nSPS) is 19.4. The van der Waals surface area contributed by atoms with Crippen LogP contribution in [0.25, 0.3) is 0 Å². The van der Waals surface area contributed by atoms with E-state index in [2.05, 4.69) is 30.9 Å². The van der Waals surface area contributed by atoms with E-state index in [0.29, 0.717) is 21.6 Å². The van der Waals surface area contributed by atoms with E-state index in [0.717, 1.165) is 42.9 Å². The molecule has 1 fully saturated rings. The molecule has 3 aromatic heterocycles. The van der Waals surface area contributed by atoms with Gasteiger partial charge in [-0.1, -0.05) is 41.0 Å². The molecule has 4 heterocycles. The van der Waals surface area contributed by atoms with Gasteiger partial charge in [-0.25, -0.2) is 15.0 Å². The highest BCUT2D eigenvalue weighted by Crippen LogP contribution is 2.50. The summed E-state index contributed by atoms with van der Waals surface area (Å²) in [6, 6.07) is 5.84. The number of pyridine rings is 2. The molecule has 2 aliphatic rings. The van der Waals surface area contributed by atoms with Crippen LogP contribution in [0, 0.1) is 5.41 Å². The summed E-state index contributed by atoms with van der Waals surface area (Å²) >= 11 is 13.6. The van der Waals surface area contributed by atoms with Gasteiger partial charge in [0.1, 0.15) is 15.9 Å². The number of aliphatic hydroxyl groups excluding tert-OH is 1. The second-order valence-electron chi connectivity index (χ2n) is 8.20. The van der Waals surface area contributed by atoms with E-state index in [1.54, 1.807) is 18.5 Å². The highest BCUT2D eigenvalue weighted by atomic mass is 35.5. The van der Waals surface area contributed by atoms with Crippen LogP contribution in [0.4, 0.5) is 5.82 Å². The maximum Gasteiger partial charge on any atom is 0.152 e. The van der Waals surface area contributed by atoms with Crippen LogP contribution in [0.15, 0.2) is 46.7 Å². The van der Waals surface area contributed by atoms with Crippen LogP contribution < -0.4 is 10.6 Å². The Kier molecular flexibility index (Phi) is 5.98. The number of halogens is 2. The summed E-state index contributed by atoms with van der Waals surface area (Å²) in [5, 5.41) is 11.2. The lowest BCUT2D eigenvalue weighted by molar-refractivity contribution is 0.186. The van der Waals surface area contributed by atoms with E-state index in [-0.39, 0.29) is 23.2 Å². The number of aromatic nitrogens is 4. The van der Waals surface area contributed by atoms with E-state index in [1.165, 1.54) is 17.3 Å². The van der Waals surface area contributed by atoms with Gasteiger partial charge in [0.05, 0.1) is 17.8 Å². The molecule has 1 spiro atoms. The summed E-state index contributed by atoms with van der Waals surface area (Å²) in [7, 11) is 0. The SMILES string of the molecule is N[C@@H]1c2cccnc2CC12CCN(c1ncc(Sc3ccnc(Cl)c3Cl)nc1CO)CC2. The van der Waals surface area contributed by atoms with Gasteiger partial charge in [0.2, 0.25) is 0 Å². The smallest absolute Gasteiger partial charge is 0.152 e. The first kappa shape index (κ1) is 21.9. The standard InChI is InChI=1S/C22H22Cl2N6OS/c23-18-16(3-7-27-20(18)24)32-17-11-28-21(15(12-31)29-17)30-8-4-22(5-9-30)10-14-13(19(22)25)2-1-6-26-14/h1-3,6-7,11,19,31H,4-5,8-10,12,25H2/t19-/m1/s1. The number of hydrogen-bond acceptors (Lipinski definition) is 8. The fraction of sp³-hybridized carbons (Fsp3) is 0.364. The number of rotatable bonds is 4. The molecule has 0 saturated carbocycles. The van der Waals surface area contributed by atoms with Crippen LogP contribution in [0.2, 0.25) is 10.2 Å². The molecule has 32 heavy (non-hydrogen) atoms. The molecular formula is C22H22Cl2N6OS. The summed E-state index contributed by atoms with van der Waals surface area (Å²) in [5.74, 6) is 0.716. The Morgan fingerprint density at radius 1 is 1.16 bits per heavy atom. The lowest BCUT2D eigenvalue weighted by atomic mass is 9.73. The van der Waals surface area contributed by atoms with Crippen molar-refractivity contribution >= 4 is 40.8 Å². The second kappa shape index (κ2) is 8.76. The predicted molar refractivity (Wildman–Crippen MR) is 125 cm³/mol. The average molecular weight is 489 g/mol. The van der Waals surface area contributed by atoms with Crippen LogP contribution in [-0.4, -0.2) is 38.1 Å². The maximum absolute atomic E-state index is 9.98. The maximum atomic E-state index is 9.98. The number of fused-ring (bicyclic) bond motifs is 1. The molecule has 1 aliphatic heterocycles. The van der Waals surface area contributed by atoms with Crippen molar-refractivity contribution in [1.82, 2.24) is 19.9 Å². The molecule has 0 unspecified atom stereocenters. The Morgan fingerprint density at radius 3 is 2.72 bits per heavy atom. The van der Waals surface area contributed by atoms with Crippen LogP contribution in [-0.2, 0) is 13.0 Å². The van der Waals surface area contributed by atoms with Gasteiger partial charge in [-0.3, -0.25) is 4.98 Å². The molecule has 7 nitrogen and oxygen atoms in total. The Bertz CT molecular complexity index is 1160. The van der Waals surface area contributed by atoms with E-state index >= 15 is 0 Å². The van der Waals surface area contributed by atoms with Crippen molar-refractivity contribution < 1.29 is 5.11 Å². The first-order valence-electron chi connectivity index (χ1n) is 10.4. The summed E-state index contributed by atoms with van der Waals surface area (Å²) < 4.78 is 0. The fourth-order valence-electron chi connectivity index (χ4n) is 4.72. The molecule has 0 amide bonds. The second-order valence-corrected chi connectivity index (χ2v) is 9.99. The topological polar surface area (TPSA) is 101 Å². The van der Waals surface area contributed by atoms with Crippen LogP contribution in [0.3, 0.4) is 0 Å². The van der Waals surface area contributed by atoms with E-state index in [1.807, 2.05) is 12.3 Å². The van der Waals surface area contributed by atoms with Gasteiger partial charge in [-0.05, 0) is 42.4 Å². The van der Waals surface area contributed by atoms with Crippen LogP contribution in [0.5, 0.6) is 0 Å². The highest BCUT2D eigenvalue weighted by Gasteiger charge is 2.46. The third-order valence-electron chi connectivity index (χ3n) is 6.47. The first-order valence-corrected chi connectivity index (χ1v) is 12.0. The molecule has 0 radical (unpaired) electrons. The lowest BCUT2D eigenvalue weighted by Crippen LogP contribution is -2.45. The van der Waals surface area contributed by atoms with Crippen molar-refractivity contribution in [2.45, 2.75) is 41.8 Å². The summed E-state index contributed by atoms with van der Waals surface area (Å²) in [6.07, 6.45) is 7.94. The monoisotopic (exact) mass is 488 g/mol. The van der Waals surface area contributed by atoms with E-state index < -0.39 is 0 Å².